The molecule has 0 radical (unpaired) electrons. The minimum atomic E-state index is -4.79. The van der Waals surface area contributed by atoms with E-state index in [1.165, 1.54) is 18.3 Å². The van der Waals surface area contributed by atoms with Gasteiger partial charge in [-0.05, 0) is 55.3 Å². The quantitative estimate of drug-likeness (QED) is 0.597. The molecule has 1 amide bonds. The lowest BCUT2D eigenvalue weighted by molar-refractivity contribution is -0.274. The Morgan fingerprint density at radius 1 is 1.18 bits per heavy atom. The highest BCUT2D eigenvalue weighted by molar-refractivity contribution is 6.05. The third-order valence-corrected chi connectivity index (χ3v) is 5.12. The number of halogens is 3. The zero-order valence-electron chi connectivity index (χ0n) is 17.6. The fourth-order valence-electron chi connectivity index (χ4n) is 3.63. The van der Waals surface area contributed by atoms with Crippen LogP contribution in [0.1, 0.15) is 22.3 Å². The number of rotatable bonds is 5. The maximum absolute atomic E-state index is 12.8. The van der Waals surface area contributed by atoms with E-state index in [1.807, 2.05) is 17.9 Å². The number of nitrogens with one attached hydrogen (secondary N) is 1. The van der Waals surface area contributed by atoms with Crippen LogP contribution >= 0.6 is 0 Å². The predicted molar refractivity (Wildman–Crippen MR) is 116 cm³/mol. The fourth-order valence-corrected chi connectivity index (χ4v) is 3.63. The number of pyridine rings is 2. The summed E-state index contributed by atoms with van der Waals surface area (Å²) in [5, 5.41) is 12.6. The van der Waals surface area contributed by atoms with Gasteiger partial charge in [0.05, 0.1) is 11.7 Å². The van der Waals surface area contributed by atoms with E-state index in [4.69, 9.17) is 0 Å². The van der Waals surface area contributed by atoms with Crippen molar-refractivity contribution in [1.29, 1.82) is 0 Å². The van der Waals surface area contributed by atoms with Crippen LogP contribution in [-0.2, 0) is 0 Å². The van der Waals surface area contributed by atoms with Crippen molar-refractivity contribution in [3.05, 3.63) is 66.1 Å². The minimum Gasteiger partial charge on any atom is -0.406 e. The Balaban J connectivity index is 1.60. The van der Waals surface area contributed by atoms with Crippen molar-refractivity contribution in [2.75, 3.05) is 23.3 Å². The Hall–Kier alpha value is -3.66. The lowest BCUT2D eigenvalue weighted by Gasteiger charge is -2.21. The number of aliphatic hydroxyl groups is 1. The van der Waals surface area contributed by atoms with Crippen molar-refractivity contribution in [2.24, 2.45) is 0 Å². The van der Waals surface area contributed by atoms with E-state index in [2.05, 4.69) is 20.0 Å². The van der Waals surface area contributed by atoms with Gasteiger partial charge in [-0.2, -0.15) is 0 Å². The summed E-state index contributed by atoms with van der Waals surface area (Å²) in [5.74, 6) is -0.209. The third-order valence-electron chi connectivity index (χ3n) is 5.12. The van der Waals surface area contributed by atoms with Crippen LogP contribution in [0.3, 0.4) is 0 Å². The van der Waals surface area contributed by atoms with Crippen LogP contribution < -0.4 is 15.0 Å². The second-order valence-corrected chi connectivity index (χ2v) is 7.76. The first-order valence-electron chi connectivity index (χ1n) is 10.2. The molecule has 1 saturated heterocycles. The Kier molecular flexibility index (Phi) is 6.19. The normalized spacial score (nSPS) is 16.0. The number of benzene rings is 1. The number of carbonyl (C=O) groups excluding carboxylic acids is 1. The number of aryl methyl sites for hydroxylation is 1. The molecule has 7 nitrogen and oxygen atoms in total. The third kappa shape index (κ3) is 5.58. The monoisotopic (exact) mass is 458 g/mol. The lowest BCUT2D eigenvalue weighted by Crippen LogP contribution is -2.23. The highest BCUT2D eigenvalue weighted by Gasteiger charge is 2.31. The molecule has 0 saturated carbocycles. The van der Waals surface area contributed by atoms with E-state index in [9.17, 15) is 23.1 Å². The molecule has 3 heterocycles. The van der Waals surface area contributed by atoms with Gasteiger partial charge in [0.15, 0.2) is 0 Å². The lowest BCUT2D eigenvalue weighted by atomic mass is 10.0. The predicted octanol–water partition coefficient (Wildman–Crippen LogP) is 4.17. The van der Waals surface area contributed by atoms with E-state index >= 15 is 0 Å². The average molecular weight is 458 g/mol. The number of ether oxygens (including phenoxy) is 1. The summed E-state index contributed by atoms with van der Waals surface area (Å²) in [5.41, 5.74) is 2.99. The largest absolute Gasteiger partial charge is 0.573 e. The van der Waals surface area contributed by atoms with Crippen molar-refractivity contribution in [3.63, 3.8) is 0 Å². The Labute approximate surface area is 187 Å². The van der Waals surface area contributed by atoms with Crippen molar-refractivity contribution in [2.45, 2.75) is 25.8 Å². The standard InChI is InChI=1S/C23H21F3N4O3/c1-14-8-15(11-27-10-14)20-9-16(12-28-21(20)30-7-6-18(31)13-30)22(32)29-17-2-4-19(5-3-17)33-23(24,25)26/h2-5,8-12,18,31H,6-7,13H2,1H3,(H,29,32). The molecule has 172 valence electrons. The van der Waals surface area contributed by atoms with E-state index in [1.54, 1.807) is 18.5 Å². The second kappa shape index (κ2) is 9.07. The molecular formula is C23H21F3N4O3. The van der Waals surface area contributed by atoms with Gasteiger partial charge in [-0.1, -0.05) is 0 Å². The highest BCUT2D eigenvalue weighted by Crippen LogP contribution is 2.32. The van der Waals surface area contributed by atoms with Gasteiger partial charge in [-0.15, -0.1) is 13.2 Å². The molecule has 3 aromatic rings. The molecular weight excluding hydrogens is 437 g/mol. The first-order chi connectivity index (χ1) is 15.7. The SMILES string of the molecule is Cc1cncc(-c2cc(C(=O)Nc3ccc(OC(F)(F)F)cc3)cnc2N2CCC(O)C2)c1. The molecule has 1 aliphatic rings. The molecule has 0 spiro atoms. The van der Waals surface area contributed by atoms with Gasteiger partial charge < -0.3 is 20.1 Å². The van der Waals surface area contributed by atoms with E-state index in [0.29, 0.717) is 36.6 Å². The molecule has 1 aliphatic heterocycles. The van der Waals surface area contributed by atoms with Crippen LogP contribution in [0, 0.1) is 6.92 Å². The number of aromatic nitrogens is 2. The molecule has 4 rings (SSSR count). The number of hydrogen-bond acceptors (Lipinski definition) is 6. The Morgan fingerprint density at radius 3 is 2.58 bits per heavy atom. The van der Waals surface area contributed by atoms with Crippen molar-refractivity contribution in [3.8, 4) is 16.9 Å². The van der Waals surface area contributed by atoms with Gasteiger partial charge in [0, 0.05) is 48.5 Å². The summed E-state index contributed by atoms with van der Waals surface area (Å²) < 4.78 is 40.8. The Morgan fingerprint density at radius 2 is 1.94 bits per heavy atom. The molecule has 1 unspecified atom stereocenters. The highest BCUT2D eigenvalue weighted by atomic mass is 19.4. The van der Waals surface area contributed by atoms with Gasteiger partial charge in [-0.3, -0.25) is 9.78 Å². The van der Waals surface area contributed by atoms with Crippen LogP contribution in [0.4, 0.5) is 24.7 Å². The maximum Gasteiger partial charge on any atom is 0.573 e. The summed E-state index contributed by atoms with van der Waals surface area (Å²) in [6.45, 7) is 2.99. The van der Waals surface area contributed by atoms with Crippen LogP contribution in [0.25, 0.3) is 11.1 Å². The summed E-state index contributed by atoms with van der Waals surface area (Å²) in [6.07, 6.45) is 0.236. The van der Waals surface area contributed by atoms with E-state index < -0.39 is 18.4 Å². The number of alkyl halides is 3. The molecule has 0 aliphatic carbocycles. The number of aliphatic hydroxyl groups excluding tert-OH is 1. The van der Waals surface area contributed by atoms with Crippen molar-refractivity contribution < 1.29 is 27.8 Å². The van der Waals surface area contributed by atoms with Crippen LogP contribution in [0.5, 0.6) is 5.75 Å². The molecule has 33 heavy (non-hydrogen) atoms. The first-order valence-corrected chi connectivity index (χ1v) is 10.2. The average Bonchev–Trinajstić information content (AvgIpc) is 3.20. The summed E-state index contributed by atoms with van der Waals surface area (Å²) in [7, 11) is 0. The minimum absolute atomic E-state index is 0.269. The Bertz CT molecular complexity index is 1150. The van der Waals surface area contributed by atoms with Gasteiger partial charge in [0.2, 0.25) is 0 Å². The summed E-state index contributed by atoms with van der Waals surface area (Å²) in [4.78, 5) is 23.5. The maximum atomic E-state index is 12.8. The smallest absolute Gasteiger partial charge is 0.406 e. The molecule has 1 atom stereocenters. The van der Waals surface area contributed by atoms with Crippen LogP contribution in [0.15, 0.2) is 55.0 Å². The molecule has 0 bridgehead atoms. The molecule has 2 aromatic heterocycles. The van der Waals surface area contributed by atoms with Gasteiger partial charge in [-0.25, -0.2) is 4.98 Å². The van der Waals surface area contributed by atoms with E-state index in [-0.39, 0.29) is 11.3 Å². The van der Waals surface area contributed by atoms with Crippen molar-refractivity contribution >= 4 is 17.4 Å². The number of β-amino-alcohol motifs (C(OH)–C–C–N with tert-alkyl or cyclic N) is 1. The molecule has 1 aromatic carbocycles. The number of hydrogen-bond donors (Lipinski definition) is 2. The molecule has 2 N–H and O–H groups in total. The summed E-state index contributed by atoms with van der Waals surface area (Å²) >= 11 is 0. The van der Waals surface area contributed by atoms with Crippen LogP contribution in [0.2, 0.25) is 0 Å². The zero-order chi connectivity index (χ0) is 23.6. The second-order valence-electron chi connectivity index (χ2n) is 7.76. The van der Waals surface area contributed by atoms with Gasteiger partial charge in [0.25, 0.3) is 5.91 Å². The first kappa shape index (κ1) is 22.5. The fraction of sp³-hybridized carbons (Fsp3) is 0.261. The number of anilines is 2. The molecule has 1 fully saturated rings. The topological polar surface area (TPSA) is 87.6 Å². The zero-order valence-corrected chi connectivity index (χ0v) is 17.6. The van der Waals surface area contributed by atoms with Crippen LogP contribution in [-0.4, -0.2) is 46.5 Å². The number of carbonyl (C=O) groups is 1. The van der Waals surface area contributed by atoms with Crippen molar-refractivity contribution in [1.82, 2.24) is 9.97 Å². The molecule has 10 heteroatoms. The number of nitrogens with zero attached hydrogens (tertiary/aromatic N) is 3. The van der Waals surface area contributed by atoms with E-state index in [0.717, 1.165) is 23.3 Å². The van der Waals surface area contributed by atoms with Gasteiger partial charge in [0.1, 0.15) is 11.6 Å². The summed E-state index contributed by atoms with van der Waals surface area (Å²) in [6, 6.07) is 8.50. The number of amides is 1. The van der Waals surface area contributed by atoms with Gasteiger partial charge >= 0.3 is 6.36 Å².